The van der Waals surface area contributed by atoms with Crippen LogP contribution in [0, 0.1) is 5.82 Å². The van der Waals surface area contributed by atoms with Gasteiger partial charge in [-0.15, -0.1) is 5.10 Å². The lowest BCUT2D eigenvalue weighted by atomic mass is 10.2. The highest BCUT2D eigenvalue weighted by Gasteiger charge is 2.15. The molecule has 4 nitrogen and oxygen atoms in total. The highest BCUT2D eigenvalue weighted by atomic mass is 79.9. The van der Waals surface area contributed by atoms with Gasteiger partial charge in [-0.25, -0.2) is 9.07 Å². The van der Waals surface area contributed by atoms with Gasteiger partial charge in [-0.2, -0.15) is 4.98 Å². The Morgan fingerprint density at radius 2 is 2.19 bits per heavy atom. The number of dihydropyridines is 1. The van der Waals surface area contributed by atoms with Crippen molar-refractivity contribution in [3.63, 3.8) is 0 Å². The fourth-order valence-corrected chi connectivity index (χ4v) is 2.50. The number of hydrogen-bond donors (Lipinski definition) is 1. The second kappa shape index (κ2) is 5.81. The van der Waals surface area contributed by atoms with E-state index in [0.29, 0.717) is 22.7 Å². The zero-order valence-electron chi connectivity index (χ0n) is 11.4. The molecule has 108 valence electrons. The molecule has 0 spiro atoms. The molecule has 1 aliphatic heterocycles. The van der Waals surface area contributed by atoms with Gasteiger partial charge < -0.3 is 5.32 Å². The van der Waals surface area contributed by atoms with Gasteiger partial charge in [-0.3, -0.25) is 0 Å². The Kier molecular flexibility index (Phi) is 3.88. The first-order chi connectivity index (χ1) is 10.1. The monoisotopic (exact) mass is 348 g/mol. The van der Waals surface area contributed by atoms with Gasteiger partial charge in [0, 0.05) is 11.6 Å². The Labute approximate surface area is 130 Å². The van der Waals surface area contributed by atoms with E-state index < -0.39 is 0 Å². The molecule has 2 aromatic rings. The SMILES string of the molecule is CC1C=CC=C(c2nc(Br)n(Cc3ccccc3F)n2)N1. The standard InChI is InChI=1S/C15H14BrFN4/c1-10-5-4-8-13(18-10)14-19-15(16)21(20-14)9-11-6-2-3-7-12(11)17/h2-8,10,18H,9H2,1H3. The molecular weight excluding hydrogens is 335 g/mol. The molecule has 1 aromatic heterocycles. The van der Waals surface area contributed by atoms with Gasteiger partial charge in [-0.1, -0.05) is 30.4 Å². The molecule has 2 heterocycles. The number of nitrogens with zero attached hydrogens (tertiary/aromatic N) is 3. The van der Waals surface area contributed by atoms with E-state index in [4.69, 9.17) is 0 Å². The van der Waals surface area contributed by atoms with Crippen molar-refractivity contribution in [2.75, 3.05) is 0 Å². The zero-order chi connectivity index (χ0) is 14.8. The molecule has 0 bridgehead atoms. The van der Waals surface area contributed by atoms with Crippen LogP contribution in [0.25, 0.3) is 5.70 Å². The van der Waals surface area contributed by atoms with Crippen LogP contribution in [-0.2, 0) is 6.54 Å². The number of allylic oxidation sites excluding steroid dienone is 2. The Hall–Kier alpha value is -1.95. The van der Waals surface area contributed by atoms with Gasteiger partial charge in [0.2, 0.25) is 0 Å². The topological polar surface area (TPSA) is 42.7 Å². The van der Waals surface area contributed by atoms with E-state index in [0.717, 1.165) is 5.70 Å². The van der Waals surface area contributed by atoms with E-state index in [1.54, 1.807) is 16.8 Å². The van der Waals surface area contributed by atoms with Gasteiger partial charge in [0.25, 0.3) is 0 Å². The van der Waals surface area contributed by atoms with Gasteiger partial charge in [0.1, 0.15) is 5.82 Å². The summed E-state index contributed by atoms with van der Waals surface area (Å²) in [7, 11) is 0. The predicted octanol–water partition coefficient (Wildman–Crippen LogP) is 3.12. The maximum Gasteiger partial charge on any atom is 0.198 e. The normalized spacial score (nSPS) is 17.5. The van der Waals surface area contributed by atoms with E-state index in [1.807, 2.05) is 18.2 Å². The highest BCUT2D eigenvalue weighted by molar-refractivity contribution is 9.10. The van der Waals surface area contributed by atoms with E-state index in [-0.39, 0.29) is 11.9 Å². The third kappa shape index (κ3) is 3.05. The van der Waals surface area contributed by atoms with Crippen molar-refractivity contribution in [3.8, 4) is 0 Å². The lowest BCUT2D eigenvalue weighted by Gasteiger charge is -2.15. The molecule has 0 fully saturated rings. The number of halogens is 2. The molecule has 1 atom stereocenters. The van der Waals surface area contributed by atoms with E-state index in [9.17, 15) is 4.39 Å². The van der Waals surface area contributed by atoms with Gasteiger partial charge in [-0.05, 0) is 35.0 Å². The summed E-state index contributed by atoms with van der Waals surface area (Å²) >= 11 is 3.37. The lowest BCUT2D eigenvalue weighted by molar-refractivity contribution is 0.580. The third-order valence-electron chi connectivity index (χ3n) is 3.19. The molecule has 0 amide bonds. The molecule has 0 radical (unpaired) electrons. The maximum absolute atomic E-state index is 13.7. The zero-order valence-corrected chi connectivity index (χ0v) is 13.0. The first-order valence-corrected chi connectivity index (χ1v) is 7.42. The van der Waals surface area contributed by atoms with Crippen molar-refractivity contribution in [3.05, 3.63) is 64.4 Å². The van der Waals surface area contributed by atoms with E-state index in [2.05, 4.69) is 44.3 Å². The van der Waals surface area contributed by atoms with Crippen LogP contribution in [0.15, 0.2) is 47.2 Å². The fourth-order valence-electron chi connectivity index (χ4n) is 2.12. The Morgan fingerprint density at radius 1 is 1.38 bits per heavy atom. The molecule has 1 aromatic carbocycles. The van der Waals surface area contributed by atoms with Crippen LogP contribution in [-0.4, -0.2) is 20.8 Å². The number of aromatic nitrogens is 3. The van der Waals surface area contributed by atoms with Crippen molar-refractivity contribution in [2.24, 2.45) is 0 Å². The molecule has 0 aliphatic carbocycles. The van der Waals surface area contributed by atoms with Crippen molar-refractivity contribution < 1.29 is 4.39 Å². The summed E-state index contributed by atoms with van der Waals surface area (Å²) in [5, 5.41) is 7.72. The van der Waals surface area contributed by atoms with Crippen molar-refractivity contribution in [1.29, 1.82) is 0 Å². The lowest BCUT2D eigenvalue weighted by Crippen LogP contribution is -2.25. The van der Waals surface area contributed by atoms with Crippen LogP contribution in [0.3, 0.4) is 0 Å². The molecule has 1 aliphatic rings. The quantitative estimate of drug-likeness (QED) is 0.926. The van der Waals surface area contributed by atoms with Crippen LogP contribution in [0.1, 0.15) is 18.3 Å². The molecule has 0 saturated heterocycles. The summed E-state index contributed by atoms with van der Waals surface area (Å²) in [6.45, 7) is 2.38. The van der Waals surface area contributed by atoms with Crippen LogP contribution >= 0.6 is 15.9 Å². The molecule has 21 heavy (non-hydrogen) atoms. The molecule has 3 rings (SSSR count). The summed E-state index contributed by atoms with van der Waals surface area (Å²) in [5.41, 5.74) is 1.44. The van der Waals surface area contributed by atoms with Crippen LogP contribution in [0.2, 0.25) is 0 Å². The van der Waals surface area contributed by atoms with E-state index in [1.165, 1.54) is 6.07 Å². The molecule has 1 N–H and O–H groups in total. The number of rotatable bonds is 3. The predicted molar refractivity (Wildman–Crippen MR) is 82.9 cm³/mol. The minimum Gasteiger partial charge on any atom is -0.376 e. The van der Waals surface area contributed by atoms with Crippen LogP contribution < -0.4 is 5.32 Å². The first-order valence-electron chi connectivity index (χ1n) is 6.62. The van der Waals surface area contributed by atoms with Gasteiger partial charge >= 0.3 is 0 Å². The number of hydrogen-bond acceptors (Lipinski definition) is 3. The van der Waals surface area contributed by atoms with E-state index >= 15 is 0 Å². The molecular formula is C15H14BrFN4. The average molecular weight is 349 g/mol. The number of nitrogens with one attached hydrogen (secondary N) is 1. The summed E-state index contributed by atoms with van der Waals surface area (Å²) in [6, 6.07) is 6.90. The smallest absolute Gasteiger partial charge is 0.198 e. The van der Waals surface area contributed by atoms with Crippen molar-refractivity contribution >= 4 is 21.6 Å². The Bertz CT molecular complexity index is 720. The van der Waals surface area contributed by atoms with Crippen molar-refractivity contribution in [1.82, 2.24) is 20.1 Å². The van der Waals surface area contributed by atoms with Gasteiger partial charge in [0.15, 0.2) is 10.6 Å². The number of benzene rings is 1. The highest BCUT2D eigenvalue weighted by Crippen LogP contribution is 2.17. The average Bonchev–Trinajstić information content (AvgIpc) is 2.83. The Balaban J connectivity index is 1.87. The molecule has 6 heteroatoms. The summed E-state index contributed by atoms with van der Waals surface area (Å²) in [5.74, 6) is 0.349. The van der Waals surface area contributed by atoms with Crippen molar-refractivity contribution in [2.45, 2.75) is 19.5 Å². The fraction of sp³-hybridized carbons (Fsp3) is 0.200. The van der Waals surface area contributed by atoms with Crippen LogP contribution in [0.4, 0.5) is 4.39 Å². The second-order valence-electron chi connectivity index (χ2n) is 4.85. The molecule has 0 saturated carbocycles. The summed E-state index contributed by atoms with van der Waals surface area (Å²) in [4.78, 5) is 4.38. The first kappa shape index (κ1) is 14.0. The van der Waals surface area contributed by atoms with Gasteiger partial charge in [0.05, 0.1) is 12.2 Å². The van der Waals surface area contributed by atoms with Crippen LogP contribution in [0.5, 0.6) is 0 Å². The second-order valence-corrected chi connectivity index (χ2v) is 5.56. The largest absolute Gasteiger partial charge is 0.376 e. The summed E-state index contributed by atoms with van der Waals surface area (Å²) in [6.07, 6.45) is 5.95. The third-order valence-corrected chi connectivity index (χ3v) is 3.78. The minimum absolute atomic E-state index is 0.238. The maximum atomic E-state index is 13.7. The minimum atomic E-state index is -0.243. The molecule has 1 unspecified atom stereocenters. The Morgan fingerprint density at radius 3 is 2.95 bits per heavy atom. The summed E-state index contributed by atoms with van der Waals surface area (Å²) < 4.78 is 15.9.